The van der Waals surface area contributed by atoms with Crippen molar-refractivity contribution in [3.63, 3.8) is 0 Å². The predicted molar refractivity (Wildman–Crippen MR) is 62.0 cm³/mol. The zero-order chi connectivity index (χ0) is 10.6. The van der Waals surface area contributed by atoms with Gasteiger partial charge in [-0.15, -0.1) is 12.4 Å². The van der Waals surface area contributed by atoms with Crippen LogP contribution in [0.5, 0.6) is 0 Å². The van der Waals surface area contributed by atoms with Crippen LogP contribution in [-0.4, -0.2) is 16.9 Å². The fraction of sp³-hybridized carbons (Fsp3) is 0.333. The fourth-order valence-corrected chi connectivity index (χ4v) is 1.10. The average Bonchev–Trinajstić information content (AvgIpc) is 2.16. The number of pyridine rings is 1. The number of hydrogen-bond acceptors (Lipinski definition) is 3. The zero-order valence-electron chi connectivity index (χ0n) is 8.24. The van der Waals surface area contributed by atoms with E-state index >= 15 is 0 Å². The lowest BCUT2D eigenvalue weighted by Crippen LogP contribution is -2.38. The van der Waals surface area contributed by atoms with E-state index in [9.17, 15) is 4.79 Å². The maximum absolute atomic E-state index is 10.7. The van der Waals surface area contributed by atoms with Crippen molar-refractivity contribution in [3.05, 3.63) is 29.0 Å². The largest absolute Gasteiger partial charge is 0.368 e. The molecule has 0 aliphatic rings. The summed E-state index contributed by atoms with van der Waals surface area (Å²) in [6.07, 6.45) is 1.61. The molecule has 4 nitrogen and oxygen atoms in total. The molecule has 3 N–H and O–H groups in total. The van der Waals surface area contributed by atoms with E-state index in [0.29, 0.717) is 11.7 Å². The summed E-state index contributed by atoms with van der Waals surface area (Å²) in [6, 6.07) is 3.26. The molecule has 6 heteroatoms. The van der Waals surface area contributed by atoms with Gasteiger partial charge in [-0.25, -0.2) is 4.98 Å². The Morgan fingerprint density at radius 3 is 2.93 bits per heavy atom. The van der Waals surface area contributed by atoms with Gasteiger partial charge in [0.15, 0.2) is 0 Å². The third-order valence-corrected chi connectivity index (χ3v) is 2.20. The summed E-state index contributed by atoms with van der Waals surface area (Å²) in [5.74, 6) is -0.384. The van der Waals surface area contributed by atoms with Crippen LogP contribution in [0.4, 0.5) is 0 Å². The normalized spacial score (nSPS) is 11.6. The third kappa shape index (κ3) is 4.46. The van der Waals surface area contributed by atoms with Gasteiger partial charge in [0.1, 0.15) is 5.15 Å². The Morgan fingerprint density at radius 2 is 2.40 bits per heavy atom. The SMILES string of the molecule is CC(NCc1cccnc1Cl)C(N)=O.Cl. The lowest BCUT2D eigenvalue weighted by atomic mass is 10.2. The Labute approximate surface area is 99.6 Å². The van der Waals surface area contributed by atoms with Gasteiger partial charge in [0.25, 0.3) is 0 Å². The molecule has 0 radical (unpaired) electrons. The molecule has 0 aliphatic heterocycles. The van der Waals surface area contributed by atoms with E-state index in [1.807, 2.05) is 6.07 Å². The van der Waals surface area contributed by atoms with Crippen molar-refractivity contribution in [2.75, 3.05) is 0 Å². The number of rotatable bonds is 4. The number of nitrogens with one attached hydrogen (secondary N) is 1. The Bertz CT molecular complexity index is 333. The van der Waals surface area contributed by atoms with Crippen molar-refractivity contribution in [1.29, 1.82) is 0 Å². The van der Waals surface area contributed by atoms with Crippen LogP contribution in [0.1, 0.15) is 12.5 Å². The molecule has 1 aromatic rings. The summed E-state index contributed by atoms with van der Waals surface area (Å²) >= 11 is 5.82. The first-order chi connectivity index (χ1) is 6.61. The van der Waals surface area contributed by atoms with Crippen molar-refractivity contribution in [2.24, 2.45) is 5.73 Å². The van der Waals surface area contributed by atoms with Crippen molar-refractivity contribution >= 4 is 29.9 Å². The Balaban J connectivity index is 0.00000196. The first-order valence-electron chi connectivity index (χ1n) is 4.23. The third-order valence-electron chi connectivity index (χ3n) is 1.86. The van der Waals surface area contributed by atoms with Gasteiger partial charge in [-0.1, -0.05) is 17.7 Å². The molecule has 1 heterocycles. The molecule has 1 aromatic heterocycles. The number of nitrogens with zero attached hydrogens (tertiary/aromatic N) is 1. The molecule has 0 aliphatic carbocycles. The van der Waals surface area contributed by atoms with E-state index in [2.05, 4.69) is 10.3 Å². The molecule has 0 fully saturated rings. The monoisotopic (exact) mass is 249 g/mol. The van der Waals surface area contributed by atoms with Crippen molar-refractivity contribution in [1.82, 2.24) is 10.3 Å². The Morgan fingerprint density at radius 1 is 1.73 bits per heavy atom. The van der Waals surface area contributed by atoms with Crippen LogP contribution in [-0.2, 0) is 11.3 Å². The highest BCUT2D eigenvalue weighted by atomic mass is 35.5. The number of hydrogen-bond donors (Lipinski definition) is 2. The quantitative estimate of drug-likeness (QED) is 0.787. The number of carbonyl (C=O) groups is 1. The van der Waals surface area contributed by atoms with E-state index in [1.54, 1.807) is 19.2 Å². The second-order valence-corrected chi connectivity index (χ2v) is 3.32. The van der Waals surface area contributed by atoms with Crippen LogP contribution in [0.25, 0.3) is 0 Å². The molecule has 84 valence electrons. The van der Waals surface area contributed by atoms with Gasteiger partial charge in [0.2, 0.25) is 5.91 Å². The summed E-state index contributed by atoms with van der Waals surface area (Å²) in [6.45, 7) is 2.18. The van der Waals surface area contributed by atoms with Crippen LogP contribution in [0.3, 0.4) is 0 Å². The molecular weight excluding hydrogens is 237 g/mol. The molecule has 0 bridgehead atoms. The fourth-order valence-electron chi connectivity index (χ4n) is 0.915. The number of amides is 1. The van der Waals surface area contributed by atoms with Crippen molar-refractivity contribution < 1.29 is 4.79 Å². The van der Waals surface area contributed by atoms with Crippen LogP contribution >= 0.6 is 24.0 Å². The van der Waals surface area contributed by atoms with Crippen molar-refractivity contribution in [3.8, 4) is 0 Å². The predicted octanol–water partition coefficient (Wildman–Crippen LogP) is 1.12. The average molecular weight is 250 g/mol. The zero-order valence-corrected chi connectivity index (χ0v) is 9.81. The Kier molecular flexibility index (Phi) is 6.24. The van der Waals surface area contributed by atoms with Gasteiger partial charge < -0.3 is 11.1 Å². The molecule has 1 rings (SSSR count). The van der Waals surface area contributed by atoms with Crippen LogP contribution in [0, 0.1) is 0 Å². The van der Waals surface area contributed by atoms with Gasteiger partial charge in [0.05, 0.1) is 6.04 Å². The molecule has 1 atom stereocenters. The topological polar surface area (TPSA) is 68.0 Å². The van der Waals surface area contributed by atoms with E-state index < -0.39 is 0 Å². The second-order valence-electron chi connectivity index (χ2n) is 2.96. The minimum Gasteiger partial charge on any atom is -0.368 e. The number of aromatic nitrogens is 1. The van der Waals surface area contributed by atoms with Gasteiger partial charge in [-0.2, -0.15) is 0 Å². The summed E-state index contributed by atoms with van der Waals surface area (Å²) in [5, 5.41) is 3.38. The van der Waals surface area contributed by atoms with Crippen LogP contribution in [0.15, 0.2) is 18.3 Å². The maximum Gasteiger partial charge on any atom is 0.234 e. The van der Waals surface area contributed by atoms with E-state index in [-0.39, 0.29) is 24.4 Å². The highest BCUT2D eigenvalue weighted by Crippen LogP contribution is 2.10. The standard InChI is InChI=1S/C9H12ClN3O.ClH/c1-6(9(11)14)13-5-7-3-2-4-12-8(7)10;/h2-4,6,13H,5H2,1H3,(H2,11,14);1H. The Hall–Kier alpha value is -0.840. The minimum atomic E-state index is -0.384. The molecule has 15 heavy (non-hydrogen) atoms. The second kappa shape index (κ2) is 6.61. The summed E-state index contributed by atoms with van der Waals surface area (Å²) in [5.41, 5.74) is 5.94. The molecule has 1 unspecified atom stereocenters. The summed E-state index contributed by atoms with van der Waals surface area (Å²) < 4.78 is 0. The molecule has 0 spiro atoms. The number of carbonyl (C=O) groups excluding carboxylic acids is 1. The summed E-state index contributed by atoms with van der Waals surface area (Å²) in [7, 11) is 0. The lowest BCUT2D eigenvalue weighted by Gasteiger charge is -2.10. The smallest absolute Gasteiger partial charge is 0.234 e. The van der Waals surface area contributed by atoms with Crippen LogP contribution in [0.2, 0.25) is 5.15 Å². The van der Waals surface area contributed by atoms with Gasteiger partial charge in [-0.05, 0) is 13.0 Å². The highest BCUT2D eigenvalue weighted by Gasteiger charge is 2.08. The van der Waals surface area contributed by atoms with Crippen molar-refractivity contribution in [2.45, 2.75) is 19.5 Å². The maximum atomic E-state index is 10.7. The van der Waals surface area contributed by atoms with E-state index in [1.165, 1.54) is 0 Å². The molecule has 0 saturated carbocycles. The number of nitrogens with two attached hydrogens (primary N) is 1. The first kappa shape index (κ1) is 14.2. The van der Waals surface area contributed by atoms with E-state index in [0.717, 1.165) is 5.56 Å². The number of halogens is 2. The lowest BCUT2D eigenvalue weighted by molar-refractivity contribution is -0.119. The van der Waals surface area contributed by atoms with Crippen LogP contribution < -0.4 is 11.1 Å². The highest BCUT2D eigenvalue weighted by molar-refractivity contribution is 6.30. The molecule has 0 saturated heterocycles. The van der Waals surface area contributed by atoms with E-state index in [4.69, 9.17) is 17.3 Å². The van der Waals surface area contributed by atoms with Gasteiger partial charge in [0, 0.05) is 18.3 Å². The first-order valence-corrected chi connectivity index (χ1v) is 4.61. The number of primary amides is 1. The minimum absolute atomic E-state index is 0. The molecule has 1 amide bonds. The van der Waals surface area contributed by atoms with Gasteiger partial charge in [-0.3, -0.25) is 4.79 Å². The van der Waals surface area contributed by atoms with Gasteiger partial charge >= 0.3 is 0 Å². The molecular formula is C9H13Cl2N3O. The molecule has 0 aromatic carbocycles. The summed E-state index contributed by atoms with van der Waals surface area (Å²) in [4.78, 5) is 14.6.